The second-order valence-electron chi connectivity index (χ2n) is 5.38. The predicted octanol–water partition coefficient (Wildman–Crippen LogP) is 1.27. The van der Waals surface area contributed by atoms with Crippen LogP contribution in [0.3, 0.4) is 0 Å². The highest BCUT2D eigenvalue weighted by atomic mass is 16.6. The molecular formula is C13H15N3O4. The van der Waals surface area contributed by atoms with Crippen LogP contribution < -0.4 is 10.6 Å². The van der Waals surface area contributed by atoms with Crippen LogP contribution in [-0.2, 0) is 11.2 Å². The van der Waals surface area contributed by atoms with Crippen LogP contribution in [0.5, 0.6) is 0 Å². The Morgan fingerprint density at radius 3 is 2.85 bits per heavy atom. The standard InChI is InChI=1S/C13H15N3O4/c17-9-1-7(2-9)6-14-11-5-10-8(4-13(18)15-10)3-12(11)16(19)20/h3,5,7,9,14,17H,1-2,4,6H2,(H,15,18). The number of anilines is 2. The van der Waals surface area contributed by atoms with Crippen molar-refractivity contribution in [3.63, 3.8) is 0 Å². The summed E-state index contributed by atoms with van der Waals surface area (Å²) in [5.74, 6) is 0.195. The van der Waals surface area contributed by atoms with Crippen LogP contribution in [0.25, 0.3) is 0 Å². The van der Waals surface area contributed by atoms with Gasteiger partial charge in [0.1, 0.15) is 5.69 Å². The Morgan fingerprint density at radius 2 is 2.20 bits per heavy atom. The maximum atomic E-state index is 11.3. The number of aliphatic hydroxyl groups is 1. The van der Waals surface area contributed by atoms with E-state index in [4.69, 9.17) is 0 Å². The van der Waals surface area contributed by atoms with Gasteiger partial charge in [0.05, 0.1) is 17.4 Å². The number of aliphatic hydroxyl groups excluding tert-OH is 1. The highest BCUT2D eigenvalue weighted by Crippen LogP contribution is 2.35. The van der Waals surface area contributed by atoms with Gasteiger partial charge in [0, 0.05) is 18.3 Å². The van der Waals surface area contributed by atoms with Crippen LogP contribution >= 0.6 is 0 Å². The van der Waals surface area contributed by atoms with Gasteiger partial charge >= 0.3 is 0 Å². The molecule has 7 nitrogen and oxygen atoms in total. The predicted molar refractivity (Wildman–Crippen MR) is 72.7 cm³/mol. The summed E-state index contributed by atoms with van der Waals surface area (Å²) in [6, 6.07) is 3.07. The molecule has 3 rings (SSSR count). The largest absolute Gasteiger partial charge is 0.393 e. The molecule has 0 unspecified atom stereocenters. The average Bonchev–Trinajstić information content (AvgIpc) is 2.71. The number of hydrogen-bond acceptors (Lipinski definition) is 5. The summed E-state index contributed by atoms with van der Waals surface area (Å²) >= 11 is 0. The number of benzene rings is 1. The number of rotatable bonds is 4. The van der Waals surface area contributed by atoms with E-state index in [-0.39, 0.29) is 24.1 Å². The molecule has 0 aromatic heterocycles. The number of nitro groups is 1. The van der Waals surface area contributed by atoms with Gasteiger partial charge in [-0.2, -0.15) is 0 Å². The zero-order valence-electron chi connectivity index (χ0n) is 10.8. The van der Waals surface area contributed by atoms with Crippen molar-refractivity contribution in [2.45, 2.75) is 25.4 Å². The number of carbonyl (C=O) groups excluding carboxylic acids is 1. The molecule has 1 fully saturated rings. The summed E-state index contributed by atoms with van der Waals surface area (Å²) < 4.78 is 0. The first-order chi connectivity index (χ1) is 9.52. The molecule has 1 aromatic carbocycles. The van der Waals surface area contributed by atoms with Gasteiger partial charge in [-0.05, 0) is 30.4 Å². The maximum absolute atomic E-state index is 11.3. The molecule has 1 amide bonds. The van der Waals surface area contributed by atoms with Gasteiger partial charge < -0.3 is 15.7 Å². The minimum Gasteiger partial charge on any atom is -0.393 e. The van der Waals surface area contributed by atoms with Gasteiger partial charge in [-0.25, -0.2) is 0 Å². The van der Waals surface area contributed by atoms with Crippen LogP contribution in [-0.4, -0.2) is 28.6 Å². The fraction of sp³-hybridized carbons (Fsp3) is 0.462. The van der Waals surface area contributed by atoms with E-state index in [2.05, 4.69) is 10.6 Å². The summed E-state index contributed by atoms with van der Waals surface area (Å²) in [6.45, 7) is 0.588. The third-order valence-corrected chi connectivity index (χ3v) is 3.84. The van der Waals surface area contributed by atoms with Gasteiger partial charge in [0.2, 0.25) is 5.91 Å². The Balaban J connectivity index is 1.79. The van der Waals surface area contributed by atoms with E-state index in [1.54, 1.807) is 6.07 Å². The molecular weight excluding hydrogens is 262 g/mol. The van der Waals surface area contributed by atoms with Gasteiger partial charge in [0.25, 0.3) is 5.69 Å². The van der Waals surface area contributed by atoms with Crippen molar-refractivity contribution in [1.29, 1.82) is 0 Å². The summed E-state index contributed by atoms with van der Waals surface area (Å²) in [5, 5.41) is 26.1. The first kappa shape index (κ1) is 12.9. The summed E-state index contributed by atoms with van der Waals surface area (Å²) in [4.78, 5) is 22.0. The zero-order chi connectivity index (χ0) is 14.3. The first-order valence-corrected chi connectivity index (χ1v) is 6.56. The molecule has 0 saturated heterocycles. The van der Waals surface area contributed by atoms with Crippen LogP contribution in [0.1, 0.15) is 18.4 Å². The van der Waals surface area contributed by atoms with Crippen molar-refractivity contribution in [1.82, 2.24) is 0 Å². The van der Waals surface area contributed by atoms with Crippen molar-refractivity contribution < 1.29 is 14.8 Å². The minimum atomic E-state index is -0.443. The highest BCUT2D eigenvalue weighted by Gasteiger charge is 2.28. The Bertz CT molecular complexity index is 581. The zero-order valence-corrected chi connectivity index (χ0v) is 10.8. The van der Waals surface area contributed by atoms with E-state index < -0.39 is 4.92 Å². The SMILES string of the molecule is O=C1Cc2cc([N+](=O)[O-])c(NCC3CC(O)C3)cc2N1. The van der Waals surface area contributed by atoms with E-state index >= 15 is 0 Å². The molecule has 7 heteroatoms. The third-order valence-electron chi connectivity index (χ3n) is 3.84. The van der Waals surface area contributed by atoms with E-state index in [0.717, 1.165) is 12.8 Å². The number of carbonyl (C=O) groups is 1. The number of fused-ring (bicyclic) bond motifs is 1. The van der Waals surface area contributed by atoms with Crippen LogP contribution in [0.4, 0.5) is 17.1 Å². The third kappa shape index (κ3) is 2.32. The van der Waals surface area contributed by atoms with E-state index in [0.29, 0.717) is 29.4 Å². The average molecular weight is 277 g/mol. The van der Waals surface area contributed by atoms with Crippen LogP contribution in [0.2, 0.25) is 0 Å². The lowest BCUT2D eigenvalue weighted by Gasteiger charge is -2.31. The second-order valence-corrected chi connectivity index (χ2v) is 5.38. The Labute approximate surface area is 115 Å². The second kappa shape index (κ2) is 4.75. The number of amides is 1. The van der Waals surface area contributed by atoms with Gasteiger partial charge in [0.15, 0.2) is 0 Å². The normalized spacial score (nSPS) is 23.8. The quantitative estimate of drug-likeness (QED) is 0.568. The molecule has 20 heavy (non-hydrogen) atoms. The first-order valence-electron chi connectivity index (χ1n) is 6.56. The molecule has 0 bridgehead atoms. The summed E-state index contributed by atoms with van der Waals surface area (Å²) in [5.41, 5.74) is 1.69. The molecule has 1 saturated carbocycles. The summed E-state index contributed by atoms with van der Waals surface area (Å²) in [7, 11) is 0. The molecule has 0 radical (unpaired) electrons. The van der Waals surface area contributed by atoms with Gasteiger partial charge in [-0.1, -0.05) is 0 Å². The van der Waals surface area contributed by atoms with Crippen LogP contribution in [0, 0.1) is 16.0 Å². The molecule has 0 spiro atoms. The van der Waals surface area contributed by atoms with Gasteiger partial charge in [-0.15, -0.1) is 0 Å². The molecule has 2 aliphatic rings. The van der Waals surface area contributed by atoms with Crippen LogP contribution in [0.15, 0.2) is 12.1 Å². The molecule has 1 aliphatic carbocycles. The Morgan fingerprint density at radius 1 is 1.45 bits per heavy atom. The smallest absolute Gasteiger partial charge is 0.292 e. The topological polar surface area (TPSA) is 104 Å². The van der Waals surface area contributed by atoms with Crippen molar-refractivity contribution in [3.8, 4) is 0 Å². The maximum Gasteiger partial charge on any atom is 0.292 e. The van der Waals surface area contributed by atoms with E-state index in [1.807, 2.05) is 0 Å². The minimum absolute atomic E-state index is 0.0138. The monoisotopic (exact) mass is 277 g/mol. The molecule has 3 N–H and O–H groups in total. The summed E-state index contributed by atoms with van der Waals surface area (Å²) in [6.07, 6.45) is 1.40. The van der Waals surface area contributed by atoms with E-state index in [1.165, 1.54) is 6.07 Å². The van der Waals surface area contributed by atoms with Crippen molar-refractivity contribution in [2.24, 2.45) is 5.92 Å². The number of hydrogen-bond donors (Lipinski definition) is 3. The van der Waals surface area contributed by atoms with Gasteiger partial charge in [-0.3, -0.25) is 14.9 Å². The lowest BCUT2D eigenvalue weighted by molar-refractivity contribution is -0.384. The highest BCUT2D eigenvalue weighted by molar-refractivity contribution is 6.00. The fourth-order valence-corrected chi connectivity index (χ4v) is 2.68. The molecule has 1 aromatic rings. The molecule has 106 valence electrons. The van der Waals surface area contributed by atoms with Crippen molar-refractivity contribution in [2.75, 3.05) is 17.2 Å². The number of nitrogens with one attached hydrogen (secondary N) is 2. The lowest BCUT2D eigenvalue weighted by atomic mass is 9.82. The van der Waals surface area contributed by atoms with Crippen molar-refractivity contribution in [3.05, 3.63) is 27.8 Å². The Kier molecular flexibility index (Phi) is 3.06. The van der Waals surface area contributed by atoms with E-state index in [9.17, 15) is 20.0 Å². The number of nitrogens with zero attached hydrogens (tertiary/aromatic N) is 1. The van der Waals surface area contributed by atoms with Crippen molar-refractivity contribution >= 4 is 23.0 Å². The number of nitro benzene ring substituents is 1. The Hall–Kier alpha value is -2.15. The fourth-order valence-electron chi connectivity index (χ4n) is 2.68. The molecule has 1 heterocycles. The molecule has 1 aliphatic heterocycles. The lowest BCUT2D eigenvalue weighted by Crippen LogP contribution is -2.33. The molecule has 0 atom stereocenters.